The summed E-state index contributed by atoms with van der Waals surface area (Å²) in [6, 6.07) is 7.02. The van der Waals surface area contributed by atoms with Crippen LogP contribution < -0.4 is 15.8 Å². The number of benzene rings is 1. The van der Waals surface area contributed by atoms with Crippen LogP contribution in [-0.4, -0.2) is 24.3 Å². The zero-order chi connectivity index (χ0) is 15.7. The van der Waals surface area contributed by atoms with Crippen LogP contribution in [0.25, 0.3) is 0 Å². The van der Waals surface area contributed by atoms with Gasteiger partial charge < -0.3 is 4.90 Å². The fraction of sp³-hybridized carbons (Fsp3) is 0.400. The fourth-order valence-corrected chi connectivity index (χ4v) is 2.70. The minimum Gasteiger partial charge on any atom is -0.310 e. The van der Waals surface area contributed by atoms with Gasteiger partial charge in [-0.25, -0.2) is 0 Å². The van der Waals surface area contributed by atoms with Crippen molar-refractivity contribution in [2.75, 3.05) is 11.4 Å². The molecule has 0 aromatic heterocycles. The predicted molar refractivity (Wildman–Crippen MR) is 80.9 cm³/mol. The summed E-state index contributed by atoms with van der Waals surface area (Å²) in [6.45, 7) is 0.258. The first-order valence-corrected chi connectivity index (χ1v) is 7.58. The van der Waals surface area contributed by atoms with Gasteiger partial charge >= 0.3 is 0 Å². The van der Waals surface area contributed by atoms with Crippen molar-refractivity contribution < 1.29 is 14.4 Å². The highest BCUT2D eigenvalue weighted by atomic mass is 35.5. The molecule has 1 aliphatic heterocycles. The highest BCUT2D eigenvalue weighted by Gasteiger charge is 2.36. The second-order valence-corrected chi connectivity index (χ2v) is 6.02. The van der Waals surface area contributed by atoms with Gasteiger partial charge in [0, 0.05) is 18.9 Å². The summed E-state index contributed by atoms with van der Waals surface area (Å²) in [5.74, 6) is -1.15. The topological polar surface area (TPSA) is 78.5 Å². The lowest BCUT2D eigenvalue weighted by Gasteiger charge is -2.18. The highest BCUT2D eigenvalue weighted by molar-refractivity contribution is 6.33. The lowest BCUT2D eigenvalue weighted by atomic mass is 10.1. The van der Waals surface area contributed by atoms with Gasteiger partial charge in [-0.05, 0) is 25.0 Å². The lowest BCUT2D eigenvalue weighted by Crippen LogP contribution is -2.45. The smallest absolute Gasteiger partial charge is 0.243 e. The van der Waals surface area contributed by atoms with Gasteiger partial charge in [0.25, 0.3) is 0 Å². The molecule has 2 N–H and O–H groups in total. The predicted octanol–water partition coefficient (Wildman–Crippen LogP) is 1.25. The van der Waals surface area contributed by atoms with E-state index in [1.165, 1.54) is 4.90 Å². The van der Waals surface area contributed by atoms with E-state index in [0.717, 1.165) is 12.8 Å². The summed E-state index contributed by atoms with van der Waals surface area (Å²) < 4.78 is 0. The second-order valence-electron chi connectivity index (χ2n) is 5.61. The van der Waals surface area contributed by atoms with E-state index in [1.807, 2.05) is 0 Å². The lowest BCUT2D eigenvalue weighted by molar-refractivity contribution is -0.131. The fourth-order valence-electron chi connectivity index (χ4n) is 2.46. The molecule has 1 saturated heterocycles. The standard InChI is InChI=1S/C15H16ClN3O3/c16-11-3-1-2-4-12(11)19-8-10(7-13(19)20)15(22)18-17-14(21)9-5-6-9/h1-4,9-10H,5-8H2,(H,17,21)(H,18,22). The molecule has 0 spiro atoms. The Morgan fingerprint density at radius 3 is 2.36 bits per heavy atom. The van der Waals surface area contributed by atoms with Gasteiger partial charge in [-0.1, -0.05) is 23.7 Å². The molecular weight excluding hydrogens is 306 g/mol. The van der Waals surface area contributed by atoms with E-state index < -0.39 is 5.92 Å². The number of hydrogen-bond acceptors (Lipinski definition) is 3. The number of nitrogens with zero attached hydrogens (tertiary/aromatic N) is 1. The van der Waals surface area contributed by atoms with Crippen molar-refractivity contribution in [3.63, 3.8) is 0 Å². The van der Waals surface area contributed by atoms with Crippen molar-refractivity contribution >= 4 is 35.0 Å². The second kappa shape index (κ2) is 5.96. The van der Waals surface area contributed by atoms with E-state index in [2.05, 4.69) is 10.9 Å². The molecule has 2 fully saturated rings. The monoisotopic (exact) mass is 321 g/mol. The molecule has 0 bridgehead atoms. The van der Waals surface area contributed by atoms with Crippen LogP contribution in [-0.2, 0) is 14.4 Å². The molecular formula is C15H16ClN3O3. The Morgan fingerprint density at radius 1 is 1.09 bits per heavy atom. The molecule has 3 rings (SSSR count). The van der Waals surface area contributed by atoms with Crippen molar-refractivity contribution in [3.8, 4) is 0 Å². The first kappa shape index (κ1) is 14.8. The molecule has 22 heavy (non-hydrogen) atoms. The van der Waals surface area contributed by atoms with Gasteiger partial charge in [-0.15, -0.1) is 0 Å². The van der Waals surface area contributed by atoms with Crippen molar-refractivity contribution in [1.29, 1.82) is 0 Å². The van der Waals surface area contributed by atoms with Crippen LogP contribution in [0, 0.1) is 11.8 Å². The zero-order valence-electron chi connectivity index (χ0n) is 11.8. The van der Waals surface area contributed by atoms with E-state index in [9.17, 15) is 14.4 Å². The van der Waals surface area contributed by atoms with Crippen LogP contribution in [0.5, 0.6) is 0 Å². The largest absolute Gasteiger partial charge is 0.310 e. The minimum atomic E-state index is -0.497. The Morgan fingerprint density at radius 2 is 1.73 bits per heavy atom. The molecule has 6 nitrogen and oxygen atoms in total. The van der Waals surface area contributed by atoms with Gasteiger partial charge in [0.15, 0.2) is 0 Å². The molecule has 7 heteroatoms. The quantitative estimate of drug-likeness (QED) is 0.822. The number of amides is 3. The molecule has 2 aliphatic rings. The molecule has 116 valence electrons. The Bertz CT molecular complexity index is 630. The number of carbonyl (C=O) groups excluding carboxylic acids is 3. The number of carbonyl (C=O) groups is 3. The van der Waals surface area contributed by atoms with Gasteiger partial charge in [0.2, 0.25) is 17.7 Å². The third-order valence-corrected chi connectivity index (χ3v) is 4.22. The number of anilines is 1. The SMILES string of the molecule is O=C(NNC(=O)C1CC(=O)N(c2ccccc2Cl)C1)C1CC1. The average Bonchev–Trinajstić information content (AvgIpc) is 3.28. The van der Waals surface area contributed by atoms with E-state index in [4.69, 9.17) is 11.6 Å². The Hall–Kier alpha value is -2.08. The maximum Gasteiger partial charge on any atom is 0.243 e. The normalized spacial score (nSPS) is 20.9. The maximum absolute atomic E-state index is 12.1. The number of hydrazine groups is 1. The molecule has 1 atom stereocenters. The number of para-hydroxylation sites is 1. The minimum absolute atomic E-state index is 0.0186. The average molecular weight is 322 g/mol. The van der Waals surface area contributed by atoms with Gasteiger partial charge in [0.05, 0.1) is 16.6 Å². The number of halogens is 1. The third-order valence-electron chi connectivity index (χ3n) is 3.90. The zero-order valence-corrected chi connectivity index (χ0v) is 12.6. The van der Waals surface area contributed by atoms with Gasteiger partial charge in [0.1, 0.15) is 0 Å². The molecule has 1 heterocycles. The molecule has 1 saturated carbocycles. The number of hydrogen-bond donors (Lipinski definition) is 2. The van der Waals surface area contributed by atoms with E-state index in [1.54, 1.807) is 24.3 Å². The van der Waals surface area contributed by atoms with Gasteiger partial charge in [-0.3, -0.25) is 25.2 Å². The Kier molecular flexibility index (Phi) is 4.02. The van der Waals surface area contributed by atoms with Crippen molar-refractivity contribution in [2.45, 2.75) is 19.3 Å². The van der Waals surface area contributed by atoms with Crippen LogP contribution in [0.15, 0.2) is 24.3 Å². The molecule has 3 amide bonds. The van der Waals surface area contributed by atoms with E-state index in [-0.39, 0.29) is 36.6 Å². The van der Waals surface area contributed by atoms with Crippen LogP contribution >= 0.6 is 11.6 Å². The van der Waals surface area contributed by atoms with Crippen LogP contribution in [0.1, 0.15) is 19.3 Å². The van der Waals surface area contributed by atoms with Crippen molar-refractivity contribution in [1.82, 2.24) is 10.9 Å². The first-order valence-electron chi connectivity index (χ1n) is 7.21. The van der Waals surface area contributed by atoms with Crippen LogP contribution in [0.3, 0.4) is 0 Å². The van der Waals surface area contributed by atoms with E-state index >= 15 is 0 Å². The van der Waals surface area contributed by atoms with Crippen molar-refractivity contribution in [3.05, 3.63) is 29.3 Å². The highest BCUT2D eigenvalue weighted by Crippen LogP contribution is 2.31. The molecule has 1 aromatic rings. The molecule has 1 unspecified atom stereocenters. The van der Waals surface area contributed by atoms with Gasteiger partial charge in [-0.2, -0.15) is 0 Å². The summed E-state index contributed by atoms with van der Waals surface area (Å²) in [5.41, 5.74) is 5.41. The maximum atomic E-state index is 12.1. The first-order chi connectivity index (χ1) is 10.6. The molecule has 0 radical (unpaired) electrons. The third kappa shape index (κ3) is 3.06. The number of nitrogens with one attached hydrogen (secondary N) is 2. The van der Waals surface area contributed by atoms with Crippen LogP contribution in [0.4, 0.5) is 5.69 Å². The summed E-state index contributed by atoms with van der Waals surface area (Å²) in [5, 5.41) is 0.471. The summed E-state index contributed by atoms with van der Waals surface area (Å²) in [7, 11) is 0. The van der Waals surface area contributed by atoms with Crippen molar-refractivity contribution in [2.24, 2.45) is 11.8 Å². The number of rotatable bonds is 3. The van der Waals surface area contributed by atoms with E-state index in [0.29, 0.717) is 10.7 Å². The summed E-state index contributed by atoms with van der Waals surface area (Å²) >= 11 is 6.09. The van der Waals surface area contributed by atoms with Crippen LogP contribution in [0.2, 0.25) is 5.02 Å². The molecule has 1 aromatic carbocycles. The molecule has 1 aliphatic carbocycles. The Balaban J connectivity index is 1.60. The summed E-state index contributed by atoms with van der Waals surface area (Å²) in [6.07, 6.45) is 1.84. The summed E-state index contributed by atoms with van der Waals surface area (Å²) in [4.78, 5) is 37.2. The Labute approximate surface area is 132 Å².